The SMILES string of the molecule is NCc1cccc(NC(=O)Nc2ccc(-c3csc4c(-c5ccc(C(N)=O)cc5)cnc(N)c34)cc2)c1. The largest absolute Gasteiger partial charge is 0.383 e. The average molecular weight is 509 g/mol. The van der Waals surface area contributed by atoms with E-state index in [4.69, 9.17) is 17.2 Å². The van der Waals surface area contributed by atoms with Crippen LogP contribution in [0, 0.1) is 0 Å². The van der Waals surface area contributed by atoms with Crippen molar-refractivity contribution in [3.63, 3.8) is 0 Å². The number of urea groups is 1. The standard InChI is InChI=1S/C28H24N6O2S/c29-13-16-2-1-3-21(12-16)34-28(36)33-20-10-8-18(9-11-20)23-15-37-25-22(14-32-26(30)24(23)25)17-4-6-19(7-5-17)27(31)35/h1-12,14-15H,13,29H2,(H2,30,32)(H2,31,35)(H2,33,34,36). The molecule has 5 rings (SSSR count). The normalized spacial score (nSPS) is 10.8. The molecule has 0 bridgehead atoms. The number of nitrogens with zero attached hydrogens (tertiary/aromatic N) is 1. The van der Waals surface area contributed by atoms with Crippen LogP contribution in [-0.2, 0) is 6.54 Å². The lowest BCUT2D eigenvalue weighted by Gasteiger charge is -2.10. The predicted octanol–water partition coefficient (Wildman–Crippen LogP) is 5.41. The second-order valence-corrected chi connectivity index (χ2v) is 9.29. The first-order valence-corrected chi connectivity index (χ1v) is 12.3. The fraction of sp³-hybridized carbons (Fsp3) is 0.0357. The van der Waals surface area contributed by atoms with Gasteiger partial charge in [-0.15, -0.1) is 11.3 Å². The molecule has 3 amide bonds. The molecular weight excluding hydrogens is 484 g/mol. The van der Waals surface area contributed by atoms with Gasteiger partial charge >= 0.3 is 6.03 Å². The maximum atomic E-state index is 12.4. The molecule has 0 spiro atoms. The highest BCUT2D eigenvalue weighted by Crippen LogP contribution is 2.41. The van der Waals surface area contributed by atoms with Crippen molar-refractivity contribution < 1.29 is 9.59 Å². The molecule has 8 N–H and O–H groups in total. The highest BCUT2D eigenvalue weighted by Gasteiger charge is 2.16. The lowest BCUT2D eigenvalue weighted by atomic mass is 10.0. The van der Waals surface area contributed by atoms with E-state index < -0.39 is 5.91 Å². The molecule has 0 aliphatic heterocycles. The summed E-state index contributed by atoms with van der Waals surface area (Å²) in [6.45, 7) is 0.402. The van der Waals surface area contributed by atoms with Crippen molar-refractivity contribution in [1.29, 1.82) is 0 Å². The number of aromatic nitrogens is 1. The number of anilines is 3. The summed E-state index contributed by atoms with van der Waals surface area (Å²) in [4.78, 5) is 28.3. The summed E-state index contributed by atoms with van der Waals surface area (Å²) in [6.07, 6.45) is 1.74. The van der Waals surface area contributed by atoms with Gasteiger partial charge in [-0.1, -0.05) is 36.4 Å². The van der Waals surface area contributed by atoms with Crippen LogP contribution in [0.4, 0.5) is 22.0 Å². The summed E-state index contributed by atoms with van der Waals surface area (Å²) in [5.41, 5.74) is 23.8. The zero-order valence-corrected chi connectivity index (χ0v) is 20.5. The molecule has 3 aromatic carbocycles. The van der Waals surface area contributed by atoms with Gasteiger partial charge in [-0.25, -0.2) is 9.78 Å². The molecule has 0 saturated heterocycles. The minimum absolute atomic E-state index is 0.344. The van der Waals surface area contributed by atoms with Crippen LogP contribution in [0.5, 0.6) is 0 Å². The maximum Gasteiger partial charge on any atom is 0.323 e. The van der Waals surface area contributed by atoms with E-state index in [9.17, 15) is 9.59 Å². The van der Waals surface area contributed by atoms with E-state index in [1.54, 1.807) is 29.7 Å². The molecule has 0 aliphatic carbocycles. The molecule has 0 radical (unpaired) electrons. The van der Waals surface area contributed by atoms with E-state index in [0.717, 1.165) is 37.9 Å². The lowest BCUT2D eigenvalue weighted by Crippen LogP contribution is -2.19. The first-order chi connectivity index (χ1) is 17.9. The average Bonchev–Trinajstić information content (AvgIpc) is 3.36. The number of benzene rings is 3. The van der Waals surface area contributed by atoms with E-state index in [1.807, 2.05) is 66.0 Å². The molecule has 8 nitrogen and oxygen atoms in total. The van der Waals surface area contributed by atoms with Gasteiger partial charge in [0.25, 0.3) is 0 Å². The van der Waals surface area contributed by atoms with Gasteiger partial charge in [0.05, 0.1) is 0 Å². The molecule has 37 heavy (non-hydrogen) atoms. The summed E-state index contributed by atoms with van der Waals surface area (Å²) in [5, 5.41) is 8.57. The minimum Gasteiger partial charge on any atom is -0.383 e. The lowest BCUT2D eigenvalue weighted by molar-refractivity contribution is 0.100. The summed E-state index contributed by atoms with van der Waals surface area (Å²) in [7, 11) is 0. The van der Waals surface area contributed by atoms with Crippen molar-refractivity contribution in [3.8, 4) is 22.3 Å². The Morgan fingerprint density at radius 1 is 0.865 bits per heavy atom. The smallest absolute Gasteiger partial charge is 0.323 e. The second-order valence-electron chi connectivity index (χ2n) is 8.41. The third-order valence-electron chi connectivity index (χ3n) is 5.98. The van der Waals surface area contributed by atoms with E-state index in [1.165, 1.54) is 0 Å². The molecule has 184 valence electrons. The Morgan fingerprint density at radius 2 is 1.54 bits per heavy atom. The van der Waals surface area contributed by atoms with Crippen molar-refractivity contribution in [2.45, 2.75) is 6.54 Å². The van der Waals surface area contributed by atoms with Crippen LogP contribution in [-0.4, -0.2) is 16.9 Å². The van der Waals surface area contributed by atoms with E-state index >= 15 is 0 Å². The zero-order chi connectivity index (χ0) is 25.9. The molecule has 2 aromatic heterocycles. The third kappa shape index (κ3) is 4.99. The minimum atomic E-state index is -0.471. The highest BCUT2D eigenvalue weighted by molar-refractivity contribution is 7.18. The molecule has 0 fully saturated rings. The van der Waals surface area contributed by atoms with Crippen molar-refractivity contribution in [2.75, 3.05) is 16.4 Å². The van der Waals surface area contributed by atoms with Crippen LogP contribution < -0.4 is 27.8 Å². The van der Waals surface area contributed by atoms with Crippen molar-refractivity contribution >= 4 is 50.6 Å². The number of hydrogen-bond acceptors (Lipinski definition) is 6. The first-order valence-electron chi connectivity index (χ1n) is 11.5. The molecule has 0 saturated carbocycles. The monoisotopic (exact) mass is 508 g/mol. The van der Waals surface area contributed by atoms with Crippen LogP contribution in [0.25, 0.3) is 32.3 Å². The topological polar surface area (TPSA) is 149 Å². The number of hydrogen-bond donors (Lipinski definition) is 5. The Kier molecular flexibility index (Phi) is 6.55. The number of carbonyl (C=O) groups excluding carboxylic acids is 2. The number of thiophene rings is 1. The summed E-state index contributed by atoms with van der Waals surface area (Å²) in [6, 6.07) is 21.7. The van der Waals surface area contributed by atoms with Crippen LogP contribution in [0.15, 0.2) is 84.4 Å². The van der Waals surface area contributed by atoms with Crippen molar-refractivity contribution in [2.24, 2.45) is 11.5 Å². The molecule has 9 heteroatoms. The molecule has 0 unspecified atom stereocenters. The highest BCUT2D eigenvalue weighted by atomic mass is 32.1. The summed E-state index contributed by atoms with van der Waals surface area (Å²) in [5.74, 6) is -0.0354. The zero-order valence-electron chi connectivity index (χ0n) is 19.7. The van der Waals surface area contributed by atoms with E-state index in [2.05, 4.69) is 15.6 Å². The number of carbonyl (C=O) groups is 2. The van der Waals surface area contributed by atoms with Crippen LogP contribution in [0.1, 0.15) is 15.9 Å². The van der Waals surface area contributed by atoms with Gasteiger partial charge in [-0.3, -0.25) is 4.79 Å². The molecule has 0 atom stereocenters. The summed E-state index contributed by atoms with van der Waals surface area (Å²) < 4.78 is 0.996. The number of amides is 3. The molecular formula is C28H24N6O2S. The van der Waals surface area contributed by atoms with Crippen molar-refractivity contribution in [1.82, 2.24) is 4.98 Å². The summed E-state index contributed by atoms with van der Waals surface area (Å²) >= 11 is 1.57. The number of nitrogens with one attached hydrogen (secondary N) is 2. The van der Waals surface area contributed by atoms with Gasteiger partial charge in [0.15, 0.2) is 0 Å². The molecule has 0 aliphatic rings. The number of primary amides is 1. The second kappa shape index (κ2) is 10.1. The number of pyridine rings is 1. The Labute approximate surface area is 217 Å². The van der Waals surface area contributed by atoms with Crippen molar-refractivity contribution in [3.05, 3.63) is 95.5 Å². The fourth-order valence-corrected chi connectivity index (χ4v) is 5.22. The maximum absolute atomic E-state index is 12.4. The molecule has 2 heterocycles. The Hall–Kier alpha value is -4.73. The van der Waals surface area contributed by atoms with Gasteiger partial charge < -0.3 is 27.8 Å². The number of nitrogens with two attached hydrogens (primary N) is 3. The van der Waals surface area contributed by atoms with Gasteiger partial charge in [0.1, 0.15) is 5.82 Å². The van der Waals surface area contributed by atoms with Crippen LogP contribution in [0.3, 0.4) is 0 Å². The van der Waals surface area contributed by atoms with Gasteiger partial charge in [-0.2, -0.15) is 0 Å². The van der Waals surface area contributed by atoms with Gasteiger partial charge in [0, 0.05) is 50.9 Å². The van der Waals surface area contributed by atoms with Crippen LogP contribution in [0.2, 0.25) is 0 Å². The fourth-order valence-electron chi connectivity index (χ4n) is 4.10. The number of nitrogen functional groups attached to an aromatic ring is 1. The Morgan fingerprint density at radius 3 is 2.24 bits per heavy atom. The first kappa shape index (κ1) is 24.0. The van der Waals surface area contributed by atoms with E-state index in [0.29, 0.717) is 29.3 Å². The van der Waals surface area contributed by atoms with Gasteiger partial charge in [-0.05, 0) is 58.5 Å². The predicted molar refractivity (Wildman–Crippen MR) is 150 cm³/mol. The molecule has 5 aromatic rings. The van der Waals surface area contributed by atoms with Gasteiger partial charge in [0.2, 0.25) is 5.91 Å². The van der Waals surface area contributed by atoms with E-state index in [-0.39, 0.29) is 6.03 Å². The number of fused-ring (bicyclic) bond motifs is 1. The quantitative estimate of drug-likeness (QED) is 0.208. The third-order valence-corrected chi connectivity index (χ3v) is 6.99. The Bertz CT molecular complexity index is 1610. The Balaban J connectivity index is 1.38. The van der Waals surface area contributed by atoms with Crippen LogP contribution >= 0.6 is 11.3 Å². The number of rotatable bonds is 6.